The monoisotopic (exact) mass is 660 g/mol. The quantitative estimate of drug-likeness (QED) is 0.0508. The van der Waals surface area contributed by atoms with Crippen molar-refractivity contribution in [2.45, 2.75) is 265 Å². The summed E-state index contributed by atoms with van der Waals surface area (Å²) in [6, 6.07) is 0. The van der Waals surface area contributed by atoms with Gasteiger partial charge in [0, 0.05) is 0 Å². The highest BCUT2D eigenvalue weighted by Gasteiger charge is 2.09. The minimum atomic E-state index is 1.03. The first-order valence-corrected chi connectivity index (χ1v) is 22.6. The molecule has 0 aliphatic carbocycles. The molecule has 0 aromatic rings. The second-order valence-electron chi connectivity index (χ2n) is 15.8. The van der Waals surface area contributed by atoms with Crippen LogP contribution in [0.4, 0.5) is 0 Å². The fraction of sp³-hybridized carbons (Fsp3) is 0.957. The summed E-state index contributed by atoms with van der Waals surface area (Å²) in [4.78, 5) is 0. The van der Waals surface area contributed by atoms with Crippen LogP contribution in [0.1, 0.15) is 265 Å². The van der Waals surface area contributed by atoms with Crippen molar-refractivity contribution >= 4 is 0 Å². The topological polar surface area (TPSA) is 12.0 Å². The molecule has 0 radical (unpaired) electrons. The third-order valence-corrected chi connectivity index (χ3v) is 10.9. The van der Waals surface area contributed by atoms with Gasteiger partial charge in [0.2, 0.25) is 0 Å². The molecule has 0 unspecified atom stereocenters. The Balaban J connectivity index is 3.51. The maximum Gasteiger partial charge on any atom is -0.00489 e. The summed E-state index contributed by atoms with van der Waals surface area (Å²) >= 11 is 0. The molecule has 0 aliphatic heterocycles. The molecule has 0 aromatic carbocycles. The van der Waals surface area contributed by atoms with Gasteiger partial charge in [0.1, 0.15) is 0 Å². The molecule has 0 rings (SSSR count). The van der Waals surface area contributed by atoms with Gasteiger partial charge in [-0.15, -0.1) is 0 Å². The van der Waals surface area contributed by atoms with Crippen molar-refractivity contribution in [1.29, 1.82) is 0 Å². The molecule has 0 saturated heterocycles. The molecule has 0 heterocycles. The zero-order chi connectivity index (χ0) is 34.1. The van der Waals surface area contributed by atoms with E-state index in [0.29, 0.717) is 0 Å². The van der Waals surface area contributed by atoms with Crippen molar-refractivity contribution in [3.63, 3.8) is 0 Å². The van der Waals surface area contributed by atoms with E-state index in [-0.39, 0.29) is 0 Å². The lowest BCUT2D eigenvalue weighted by atomic mass is 9.89. The molecule has 1 heteroatoms. The zero-order valence-electron chi connectivity index (χ0n) is 33.6. The third kappa shape index (κ3) is 40.0. The van der Waals surface area contributed by atoms with Gasteiger partial charge in [0.05, 0.1) is 0 Å². The average molecular weight is 660 g/mol. The summed E-state index contributed by atoms with van der Waals surface area (Å²) in [5.74, 6) is 1.03. The van der Waals surface area contributed by atoms with Crippen molar-refractivity contribution in [1.82, 2.24) is 5.32 Å². The van der Waals surface area contributed by atoms with Crippen LogP contribution in [-0.2, 0) is 0 Å². The van der Waals surface area contributed by atoms with E-state index in [4.69, 9.17) is 0 Å². The van der Waals surface area contributed by atoms with Crippen LogP contribution in [-0.4, -0.2) is 13.1 Å². The summed E-state index contributed by atoms with van der Waals surface area (Å²) in [5, 5.41) is 3.71. The molecular weight excluding hydrogens is 567 g/mol. The number of nitrogens with one attached hydrogen (secondary N) is 1. The maximum atomic E-state index is 4.36. The average Bonchev–Trinajstić information content (AvgIpc) is 3.08. The van der Waals surface area contributed by atoms with E-state index in [1.54, 1.807) is 0 Å². The van der Waals surface area contributed by atoms with Crippen molar-refractivity contribution < 1.29 is 0 Å². The molecule has 0 amide bonds. The second kappa shape index (κ2) is 41.9. The van der Waals surface area contributed by atoms with Crippen LogP contribution in [0.15, 0.2) is 12.2 Å². The van der Waals surface area contributed by atoms with Gasteiger partial charge in [-0.1, -0.05) is 238 Å². The fourth-order valence-corrected chi connectivity index (χ4v) is 7.52. The van der Waals surface area contributed by atoms with Crippen LogP contribution in [0.25, 0.3) is 0 Å². The first kappa shape index (κ1) is 46.7. The van der Waals surface area contributed by atoms with Crippen LogP contribution < -0.4 is 5.32 Å². The van der Waals surface area contributed by atoms with Crippen LogP contribution in [0.2, 0.25) is 0 Å². The van der Waals surface area contributed by atoms with Crippen molar-refractivity contribution in [3.05, 3.63) is 12.2 Å². The lowest BCUT2D eigenvalue weighted by Crippen LogP contribution is -2.16. The van der Waals surface area contributed by atoms with Gasteiger partial charge in [0.25, 0.3) is 0 Å². The standard InChI is InChI=1S/C46H93N/c1-5-8-11-14-17-18-19-22-25-31-38-45(4)39-32-30-37-44-47-43-36-29-24-21-20-23-28-35-42-46(40-33-26-15-12-9-6-2)41-34-27-16-13-10-7-3/h46-47H,4-44H2,1-3H3. The van der Waals surface area contributed by atoms with E-state index in [1.165, 1.54) is 263 Å². The molecule has 0 saturated carbocycles. The second-order valence-corrected chi connectivity index (χ2v) is 15.8. The molecule has 1 N–H and O–H groups in total. The van der Waals surface area contributed by atoms with Gasteiger partial charge in [-0.25, -0.2) is 0 Å². The van der Waals surface area contributed by atoms with Crippen LogP contribution in [0.5, 0.6) is 0 Å². The smallest absolute Gasteiger partial charge is 0.00489 e. The minimum absolute atomic E-state index is 1.03. The van der Waals surface area contributed by atoms with Crippen LogP contribution in [0, 0.1) is 5.92 Å². The molecule has 282 valence electrons. The SMILES string of the molecule is C=C(CCCCCCCCCCCC)CCCCCNCCCCCCCCCCC(CCCCCCCC)CCCCCCCC. The number of hydrogen-bond donors (Lipinski definition) is 1. The largest absolute Gasteiger partial charge is 0.317 e. The highest BCUT2D eigenvalue weighted by Crippen LogP contribution is 2.25. The van der Waals surface area contributed by atoms with E-state index in [2.05, 4.69) is 32.7 Å². The highest BCUT2D eigenvalue weighted by atomic mass is 14.8. The van der Waals surface area contributed by atoms with Crippen LogP contribution in [0.3, 0.4) is 0 Å². The van der Waals surface area contributed by atoms with Gasteiger partial charge < -0.3 is 5.32 Å². The Labute approximate surface area is 300 Å². The molecule has 0 aliphatic rings. The molecule has 47 heavy (non-hydrogen) atoms. The number of rotatable bonds is 42. The lowest BCUT2D eigenvalue weighted by Gasteiger charge is -2.17. The van der Waals surface area contributed by atoms with Gasteiger partial charge >= 0.3 is 0 Å². The summed E-state index contributed by atoms with van der Waals surface area (Å²) in [5.41, 5.74) is 1.51. The number of allylic oxidation sites excluding steroid dienone is 1. The summed E-state index contributed by atoms with van der Waals surface area (Å²) in [6.45, 7) is 13.8. The molecule has 0 fully saturated rings. The Morgan fingerprint density at radius 1 is 0.340 bits per heavy atom. The molecule has 0 aromatic heterocycles. The van der Waals surface area contributed by atoms with Gasteiger partial charge in [0.15, 0.2) is 0 Å². The van der Waals surface area contributed by atoms with Gasteiger partial charge in [-0.05, 0) is 57.5 Å². The molecule has 0 atom stereocenters. The van der Waals surface area contributed by atoms with Crippen molar-refractivity contribution in [3.8, 4) is 0 Å². The highest BCUT2D eigenvalue weighted by molar-refractivity contribution is 4.93. The molecule has 0 spiro atoms. The van der Waals surface area contributed by atoms with E-state index in [1.807, 2.05) is 0 Å². The first-order valence-electron chi connectivity index (χ1n) is 22.6. The molecular formula is C46H93N. The number of unbranched alkanes of at least 4 members (excludes halogenated alkanes) is 28. The summed E-state index contributed by atoms with van der Waals surface area (Å²) < 4.78 is 0. The molecule has 0 bridgehead atoms. The Hall–Kier alpha value is -0.300. The van der Waals surface area contributed by atoms with Gasteiger partial charge in [-0.3, -0.25) is 0 Å². The first-order chi connectivity index (χ1) is 23.2. The Morgan fingerprint density at radius 3 is 0.936 bits per heavy atom. The number of hydrogen-bond acceptors (Lipinski definition) is 1. The van der Waals surface area contributed by atoms with E-state index >= 15 is 0 Å². The fourth-order valence-electron chi connectivity index (χ4n) is 7.52. The Bertz CT molecular complexity index is 551. The van der Waals surface area contributed by atoms with Crippen molar-refractivity contribution in [2.75, 3.05) is 13.1 Å². The molecule has 1 nitrogen and oxygen atoms in total. The Kier molecular flexibility index (Phi) is 41.6. The van der Waals surface area contributed by atoms with Crippen molar-refractivity contribution in [2.24, 2.45) is 5.92 Å². The summed E-state index contributed by atoms with van der Waals surface area (Å²) in [7, 11) is 0. The summed E-state index contributed by atoms with van der Waals surface area (Å²) in [6.07, 6.45) is 54.5. The van der Waals surface area contributed by atoms with E-state index in [0.717, 1.165) is 5.92 Å². The third-order valence-electron chi connectivity index (χ3n) is 10.9. The zero-order valence-corrected chi connectivity index (χ0v) is 33.6. The maximum absolute atomic E-state index is 4.36. The normalized spacial score (nSPS) is 11.7. The van der Waals surface area contributed by atoms with Crippen LogP contribution >= 0.6 is 0 Å². The Morgan fingerprint density at radius 2 is 0.596 bits per heavy atom. The predicted octanol–water partition coefficient (Wildman–Crippen LogP) is 16.6. The predicted molar refractivity (Wildman–Crippen MR) is 218 cm³/mol. The van der Waals surface area contributed by atoms with Gasteiger partial charge in [-0.2, -0.15) is 0 Å². The van der Waals surface area contributed by atoms with E-state index in [9.17, 15) is 0 Å². The lowest BCUT2D eigenvalue weighted by molar-refractivity contribution is 0.365. The minimum Gasteiger partial charge on any atom is -0.317 e. The van der Waals surface area contributed by atoms with E-state index < -0.39 is 0 Å².